The molecule has 0 bridgehead atoms. The van der Waals surface area contributed by atoms with Crippen LogP contribution in [-0.2, 0) is 6.42 Å². The van der Waals surface area contributed by atoms with Crippen LogP contribution < -0.4 is 0 Å². The first kappa shape index (κ1) is 13.4. The molecule has 0 fully saturated rings. The van der Waals surface area contributed by atoms with Gasteiger partial charge in [-0.25, -0.2) is 4.58 Å². The van der Waals surface area contributed by atoms with Crippen LogP contribution in [0.1, 0.15) is 36.6 Å². The fraction of sp³-hybridized carbons (Fsp3) is 0.471. The maximum Gasteiger partial charge on any atom is 0.211 e. The molecule has 0 saturated heterocycles. The fourth-order valence-electron chi connectivity index (χ4n) is 4.05. The number of para-hydroxylation sites is 1. The average molecular weight is 301 g/mol. The van der Waals surface area contributed by atoms with E-state index in [1.54, 1.807) is 0 Å². The van der Waals surface area contributed by atoms with Gasteiger partial charge in [0.05, 0.1) is 5.69 Å². The predicted octanol–water partition coefficient (Wildman–Crippen LogP) is 3.08. The van der Waals surface area contributed by atoms with Crippen molar-refractivity contribution in [3.05, 3.63) is 35.5 Å². The molecule has 3 heterocycles. The predicted molar refractivity (Wildman–Crippen MR) is 88.3 cm³/mol. The number of aromatic amines is 1. The molecule has 0 amide bonds. The zero-order valence-electron chi connectivity index (χ0n) is 12.3. The zero-order valence-corrected chi connectivity index (χ0v) is 13.1. The van der Waals surface area contributed by atoms with E-state index in [9.17, 15) is 5.11 Å². The van der Waals surface area contributed by atoms with Gasteiger partial charge in [-0.1, -0.05) is 30.0 Å². The second kappa shape index (κ2) is 5.18. The highest BCUT2D eigenvalue weighted by Gasteiger charge is 2.43. The van der Waals surface area contributed by atoms with E-state index in [2.05, 4.69) is 40.1 Å². The summed E-state index contributed by atoms with van der Waals surface area (Å²) in [6.45, 7) is 0.236. The number of hydrogen-bond acceptors (Lipinski definition) is 2. The first-order valence-corrected chi connectivity index (χ1v) is 8.94. The van der Waals surface area contributed by atoms with E-state index in [1.165, 1.54) is 40.0 Å². The Kier molecular flexibility index (Phi) is 3.31. The Balaban J connectivity index is 1.94. The molecule has 0 unspecified atom stereocenters. The summed E-state index contributed by atoms with van der Waals surface area (Å²) in [5, 5.41) is 12.7. The van der Waals surface area contributed by atoms with E-state index >= 15 is 0 Å². The van der Waals surface area contributed by atoms with E-state index in [0.717, 1.165) is 12.8 Å². The van der Waals surface area contributed by atoms with Gasteiger partial charge in [0, 0.05) is 30.2 Å². The first-order valence-electron chi connectivity index (χ1n) is 7.72. The highest BCUT2D eigenvalue weighted by Crippen LogP contribution is 2.40. The first-order chi connectivity index (χ1) is 10.3. The lowest BCUT2D eigenvalue weighted by atomic mass is 9.89. The Morgan fingerprint density at radius 3 is 3.05 bits per heavy atom. The smallest absolute Gasteiger partial charge is 0.211 e. The number of hydrogen-bond donors (Lipinski definition) is 2. The minimum atomic E-state index is 0.226. The van der Waals surface area contributed by atoms with Crippen LogP contribution in [0.15, 0.2) is 24.3 Å². The summed E-state index contributed by atoms with van der Waals surface area (Å²) >= 11 is 1.85. The molecule has 0 radical (unpaired) electrons. The molecular weight excluding hydrogens is 280 g/mol. The molecule has 4 heteroatoms. The van der Waals surface area contributed by atoms with Crippen molar-refractivity contribution in [1.29, 1.82) is 0 Å². The van der Waals surface area contributed by atoms with Gasteiger partial charge in [0.15, 0.2) is 12.1 Å². The molecule has 2 aliphatic heterocycles. The van der Waals surface area contributed by atoms with Gasteiger partial charge in [0.2, 0.25) is 5.04 Å². The van der Waals surface area contributed by atoms with Crippen molar-refractivity contribution in [2.45, 2.75) is 37.8 Å². The third kappa shape index (κ3) is 1.96. The van der Waals surface area contributed by atoms with Crippen LogP contribution >= 0.6 is 11.8 Å². The van der Waals surface area contributed by atoms with Crippen molar-refractivity contribution in [3.8, 4) is 0 Å². The van der Waals surface area contributed by atoms with Gasteiger partial charge in [-0.15, -0.1) is 0 Å². The molecule has 0 spiro atoms. The van der Waals surface area contributed by atoms with E-state index in [-0.39, 0.29) is 12.6 Å². The standard InChI is InChI=1S/C17H21N2OS/c1-21-16-8-4-7-15-17-13(9-11(10-20)19(15)16)12-5-2-3-6-14(12)18-17/h2-3,5-6,11,15,18,20H,4,7-10H2,1H3/q+1/t11-,15+/m0/s1. The molecule has 3 nitrogen and oxygen atoms in total. The topological polar surface area (TPSA) is 39.0 Å². The van der Waals surface area contributed by atoms with Crippen molar-refractivity contribution < 1.29 is 9.68 Å². The highest BCUT2D eigenvalue weighted by molar-refractivity contribution is 8.13. The number of aliphatic hydroxyl groups is 1. The monoisotopic (exact) mass is 301 g/mol. The second-order valence-electron chi connectivity index (χ2n) is 6.02. The van der Waals surface area contributed by atoms with Crippen LogP contribution in [0.4, 0.5) is 0 Å². The summed E-state index contributed by atoms with van der Waals surface area (Å²) in [4.78, 5) is 3.66. The number of nitrogens with one attached hydrogen (secondary N) is 1. The molecule has 21 heavy (non-hydrogen) atoms. The largest absolute Gasteiger partial charge is 0.389 e. The zero-order chi connectivity index (χ0) is 14.4. The molecule has 1 aromatic heterocycles. The lowest BCUT2D eigenvalue weighted by Crippen LogP contribution is -2.43. The van der Waals surface area contributed by atoms with E-state index in [4.69, 9.17) is 0 Å². The lowest BCUT2D eigenvalue weighted by Gasteiger charge is -2.31. The highest BCUT2D eigenvalue weighted by atomic mass is 32.2. The molecule has 110 valence electrons. The summed E-state index contributed by atoms with van der Waals surface area (Å²) in [5.74, 6) is 0. The molecule has 1 aromatic carbocycles. The van der Waals surface area contributed by atoms with Crippen LogP contribution in [0.5, 0.6) is 0 Å². The summed E-state index contributed by atoms with van der Waals surface area (Å²) in [6.07, 6.45) is 6.68. The molecule has 0 saturated carbocycles. The Morgan fingerprint density at radius 1 is 1.38 bits per heavy atom. The number of thioether (sulfide) groups is 1. The van der Waals surface area contributed by atoms with Crippen molar-refractivity contribution in [3.63, 3.8) is 0 Å². The number of nitrogens with zero attached hydrogens (tertiary/aromatic N) is 1. The van der Waals surface area contributed by atoms with Gasteiger partial charge in [-0.05, 0) is 24.3 Å². The molecule has 2 aromatic rings. The van der Waals surface area contributed by atoms with Crippen molar-refractivity contribution in [1.82, 2.24) is 4.98 Å². The Labute approximate surface area is 129 Å². The molecule has 2 N–H and O–H groups in total. The number of fused-ring (bicyclic) bond motifs is 5. The van der Waals surface area contributed by atoms with Gasteiger partial charge >= 0.3 is 0 Å². The number of rotatable bonds is 1. The van der Waals surface area contributed by atoms with Crippen LogP contribution in [0.25, 0.3) is 10.9 Å². The third-order valence-electron chi connectivity index (χ3n) is 4.95. The van der Waals surface area contributed by atoms with Crippen molar-refractivity contribution in [2.24, 2.45) is 0 Å². The van der Waals surface area contributed by atoms with Gasteiger partial charge in [0.25, 0.3) is 0 Å². The fourth-order valence-corrected chi connectivity index (χ4v) is 4.88. The van der Waals surface area contributed by atoms with Gasteiger partial charge in [0.1, 0.15) is 6.61 Å². The third-order valence-corrected chi connectivity index (χ3v) is 5.84. The van der Waals surface area contributed by atoms with Gasteiger partial charge < -0.3 is 10.1 Å². The Morgan fingerprint density at radius 2 is 2.24 bits per heavy atom. The Hall–Kier alpha value is -1.26. The van der Waals surface area contributed by atoms with Crippen LogP contribution in [-0.4, -0.2) is 38.6 Å². The van der Waals surface area contributed by atoms with Gasteiger partial charge in [-0.2, -0.15) is 0 Å². The summed E-state index contributed by atoms with van der Waals surface area (Å²) in [7, 11) is 0. The van der Waals surface area contributed by atoms with Crippen LogP contribution in [0.3, 0.4) is 0 Å². The SMILES string of the molecule is CSC1=[N+]2[C@H](CO)Cc3c([nH]c4ccccc34)[C@H]2CCC1. The molecule has 2 aliphatic rings. The number of H-pyrrole nitrogens is 1. The van der Waals surface area contributed by atoms with E-state index in [1.807, 2.05) is 11.8 Å². The molecular formula is C17H21N2OS+. The maximum absolute atomic E-state index is 9.90. The van der Waals surface area contributed by atoms with E-state index < -0.39 is 0 Å². The van der Waals surface area contributed by atoms with Crippen LogP contribution in [0, 0.1) is 0 Å². The minimum absolute atomic E-state index is 0.226. The lowest BCUT2D eigenvalue weighted by molar-refractivity contribution is -0.617. The Bertz CT molecular complexity index is 719. The number of benzene rings is 1. The average Bonchev–Trinajstić information content (AvgIpc) is 2.92. The quantitative estimate of drug-likeness (QED) is 0.795. The van der Waals surface area contributed by atoms with Gasteiger partial charge in [-0.3, -0.25) is 0 Å². The second-order valence-corrected chi connectivity index (χ2v) is 6.90. The normalized spacial score (nSPS) is 25.0. The molecule has 0 aliphatic carbocycles. The van der Waals surface area contributed by atoms with Crippen molar-refractivity contribution in [2.75, 3.05) is 12.9 Å². The van der Waals surface area contributed by atoms with Crippen molar-refractivity contribution >= 4 is 27.7 Å². The maximum atomic E-state index is 9.90. The summed E-state index contributed by atoms with van der Waals surface area (Å²) in [5.41, 5.74) is 4.04. The molecule has 2 atom stereocenters. The number of aromatic nitrogens is 1. The summed E-state index contributed by atoms with van der Waals surface area (Å²) < 4.78 is 2.49. The minimum Gasteiger partial charge on any atom is -0.389 e. The molecule has 4 rings (SSSR count). The summed E-state index contributed by atoms with van der Waals surface area (Å²) in [6, 6.07) is 9.20. The van der Waals surface area contributed by atoms with Crippen LogP contribution in [0.2, 0.25) is 0 Å². The number of aliphatic hydroxyl groups excluding tert-OH is 1. The van der Waals surface area contributed by atoms with E-state index in [0.29, 0.717) is 6.04 Å².